The lowest BCUT2D eigenvalue weighted by molar-refractivity contribution is 0.388. The summed E-state index contributed by atoms with van der Waals surface area (Å²) in [5, 5.41) is 8.33. The van der Waals surface area contributed by atoms with Crippen molar-refractivity contribution in [3.63, 3.8) is 0 Å². The minimum atomic E-state index is 0.161. The second kappa shape index (κ2) is 9.60. The van der Waals surface area contributed by atoms with Crippen LogP contribution in [0.4, 0.5) is 0 Å². The second-order valence-corrected chi connectivity index (χ2v) is 8.93. The Labute approximate surface area is 214 Å². The van der Waals surface area contributed by atoms with Crippen molar-refractivity contribution in [2.24, 2.45) is 5.84 Å². The van der Waals surface area contributed by atoms with Crippen LogP contribution in [0.5, 0.6) is 0 Å². The second-order valence-electron chi connectivity index (χ2n) is 8.93. The fourth-order valence-electron chi connectivity index (χ4n) is 4.46. The SMILES string of the molecule is N=C(NN)N(Cc1ccc(-c2cn3ccccc3n2)cc1)Cc1ccc(-c2cn3ccccc3n2)cc1. The van der Waals surface area contributed by atoms with Crippen molar-refractivity contribution >= 4 is 17.3 Å². The zero-order valence-electron chi connectivity index (χ0n) is 20.1. The van der Waals surface area contributed by atoms with Crippen LogP contribution in [0.1, 0.15) is 11.1 Å². The molecule has 0 aliphatic heterocycles. The van der Waals surface area contributed by atoms with Crippen LogP contribution in [0.3, 0.4) is 0 Å². The number of hydrogen-bond donors (Lipinski definition) is 3. The molecule has 0 radical (unpaired) electrons. The third-order valence-electron chi connectivity index (χ3n) is 6.43. The molecule has 0 saturated carbocycles. The highest BCUT2D eigenvalue weighted by atomic mass is 15.4. The molecule has 0 spiro atoms. The highest BCUT2D eigenvalue weighted by Gasteiger charge is 2.12. The van der Waals surface area contributed by atoms with E-state index in [0.717, 1.165) is 44.9 Å². The summed E-state index contributed by atoms with van der Waals surface area (Å²) in [4.78, 5) is 11.3. The molecule has 0 amide bonds. The van der Waals surface area contributed by atoms with Crippen LogP contribution in [-0.4, -0.2) is 29.6 Å². The van der Waals surface area contributed by atoms with Crippen LogP contribution in [0, 0.1) is 5.41 Å². The summed E-state index contributed by atoms with van der Waals surface area (Å²) in [7, 11) is 0. The maximum absolute atomic E-state index is 8.33. The first-order valence-electron chi connectivity index (χ1n) is 12.0. The van der Waals surface area contributed by atoms with Crippen LogP contribution < -0.4 is 11.3 Å². The van der Waals surface area contributed by atoms with E-state index < -0.39 is 0 Å². The summed E-state index contributed by atoms with van der Waals surface area (Å²) in [6, 6.07) is 28.5. The number of nitrogens with zero attached hydrogens (tertiary/aromatic N) is 5. The van der Waals surface area contributed by atoms with Gasteiger partial charge in [0.25, 0.3) is 0 Å². The van der Waals surface area contributed by atoms with Crippen molar-refractivity contribution in [2.45, 2.75) is 13.1 Å². The van der Waals surface area contributed by atoms with E-state index >= 15 is 0 Å². The highest BCUT2D eigenvalue weighted by Crippen LogP contribution is 2.22. The average molecular weight is 487 g/mol. The van der Waals surface area contributed by atoms with Gasteiger partial charge in [0, 0.05) is 49.0 Å². The number of guanidine groups is 1. The van der Waals surface area contributed by atoms with Gasteiger partial charge in [-0.2, -0.15) is 0 Å². The summed E-state index contributed by atoms with van der Waals surface area (Å²) in [6.07, 6.45) is 8.04. The minimum absolute atomic E-state index is 0.161. The van der Waals surface area contributed by atoms with Gasteiger partial charge in [0.15, 0.2) is 0 Å². The van der Waals surface area contributed by atoms with Gasteiger partial charge in [-0.05, 0) is 35.4 Å². The van der Waals surface area contributed by atoms with E-state index in [1.165, 1.54) is 0 Å². The first-order valence-corrected chi connectivity index (χ1v) is 12.0. The van der Waals surface area contributed by atoms with Gasteiger partial charge in [-0.25, -0.2) is 15.8 Å². The Morgan fingerprint density at radius 3 is 1.57 bits per heavy atom. The van der Waals surface area contributed by atoms with E-state index in [4.69, 9.17) is 21.2 Å². The molecule has 2 aromatic carbocycles. The van der Waals surface area contributed by atoms with E-state index in [1.54, 1.807) is 0 Å². The Morgan fingerprint density at radius 1 is 0.703 bits per heavy atom. The van der Waals surface area contributed by atoms with E-state index in [1.807, 2.05) is 74.9 Å². The number of pyridine rings is 2. The highest BCUT2D eigenvalue weighted by molar-refractivity contribution is 5.76. The van der Waals surface area contributed by atoms with Crippen LogP contribution in [-0.2, 0) is 13.1 Å². The zero-order valence-corrected chi connectivity index (χ0v) is 20.1. The molecular formula is C29H26N8. The molecule has 4 heterocycles. The van der Waals surface area contributed by atoms with Crippen molar-refractivity contribution in [2.75, 3.05) is 0 Å². The first kappa shape index (κ1) is 22.5. The van der Waals surface area contributed by atoms with Gasteiger partial charge in [0.2, 0.25) is 5.96 Å². The fourth-order valence-corrected chi connectivity index (χ4v) is 4.46. The zero-order chi connectivity index (χ0) is 25.2. The molecule has 0 fully saturated rings. The molecule has 37 heavy (non-hydrogen) atoms. The van der Waals surface area contributed by atoms with Gasteiger partial charge >= 0.3 is 0 Å². The van der Waals surface area contributed by atoms with E-state index in [9.17, 15) is 0 Å². The van der Waals surface area contributed by atoms with Gasteiger partial charge < -0.3 is 13.7 Å². The molecule has 0 saturated heterocycles. The number of imidazole rings is 2. The van der Waals surface area contributed by atoms with Crippen LogP contribution in [0.2, 0.25) is 0 Å². The normalized spacial score (nSPS) is 11.2. The Hall–Kier alpha value is -4.95. The topological polar surface area (TPSA) is 99.7 Å². The molecule has 4 aromatic heterocycles. The largest absolute Gasteiger partial charge is 0.333 e. The predicted octanol–water partition coefficient (Wildman–Crippen LogP) is 4.72. The maximum Gasteiger partial charge on any atom is 0.206 e. The average Bonchev–Trinajstić information content (AvgIpc) is 3.58. The van der Waals surface area contributed by atoms with Gasteiger partial charge in [-0.3, -0.25) is 10.8 Å². The molecule has 0 aliphatic rings. The quantitative estimate of drug-likeness (QED) is 0.137. The molecular weight excluding hydrogens is 460 g/mol. The van der Waals surface area contributed by atoms with Gasteiger partial charge in [-0.15, -0.1) is 0 Å². The Bertz CT molecular complexity index is 1490. The molecule has 6 aromatic rings. The number of hydrogen-bond acceptors (Lipinski definition) is 4. The predicted molar refractivity (Wildman–Crippen MR) is 146 cm³/mol. The van der Waals surface area contributed by atoms with Crippen molar-refractivity contribution in [1.29, 1.82) is 5.41 Å². The summed E-state index contributed by atoms with van der Waals surface area (Å²) in [5.41, 5.74) is 10.4. The standard InChI is InChI=1S/C29H26N8/c30-29(34-31)37(17-21-7-11-23(12-8-21)25-19-35-15-3-1-5-27(35)32-25)18-22-9-13-24(14-10-22)26-20-36-16-4-2-6-28(36)33-26/h1-16,19-20H,17-18,31H2,(H2,30,34). The first-order chi connectivity index (χ1) is 18.2. The molecule has 0 atom stereocenters. The van der Waals surface area contributed by atoms with Crippen molar-refractivity contribution in [1.82, 2.24) is 29.1 Å². The van der Waals surface area contributed by atoms with Crippen molar-refractivity contribution in [3.8, 4) is 22.5 Å². The fraction of sp³-hybridized carbons (Fsp3) is 0.0690. The number of benzene rings is 2. The smallest absolute Gasteiger partial charge is 0.206 e. The minimum Gasteiger partial charge on any atom is -0.333 e. The molecule has 8 nitrogen and oxygen atoms in total. The third kappa shape index (κ3) is 4.65. The summed E-state index contributed by atoms with van der Waals surface area (Å²) < 4.78 is 4.03. The van der Waals surface area contributed by atoms with Gasteiger partial charge in [0.05, 0.1) is 11.4 Å². The lowest BCUT2D eigenvalue weighted by Crippen LogP contribution is -2.43. The van der Waals surface area contributed by atoms with Crippen molar-refractivity contribution in [3.05, 3.63) is 121 Å². The summed E-state index contributed by atoms with van der Waals surface area (Å²) in [6.45, 7) is 1.09. The number of nitrogens with two attached hydrogens (primary N) is 1. The Balaban J connectivity index is 1.17. The number of fused-ring (bicyclic) bond motifs is 2. The molecule has 4 N–H and O–H groups in total. The Morgan fingerprint density at radius 2 is 1.16 bits per heavy atom. The summed E-state index contributed by atoms with van der Waals surface area (Å²) >= 11 is 0. The lowest BCUT2D eigenvalue weighted by Gasteiger charge is -2.25. The van der Waals surface area contributed by atoms with E-state index in [0.29, 0.717) is 13.1 Å². The third-order valence-corrected chi connectivity index (χ3v) is 6.43. The summed E-state index contributed by atoms with van der Waals surface area (Å²) in [5.74, 6) is 5.78. The lowest BCUT2D eigenvalue weighted by atomic mass is 10.1. The number of aromatic nitrogens is 4. The molecule has 6 rings (SSSR count). The van der Waals surface area contributed by atoms with Crippen LogP contribution >= 0.6 is 0 Å². The molecule has 0 bridgehead atoms. The number of nitrogens with one attached hydrogen (secondary N) is 2. The number of hydrazine groups is 1. The maximum atomic E-state index is 8.33. The molecule has 0 unspecified atom stereocenters. The van der Waals surface area contributed by atoms with Gasteiger partial charge in [-0.1, -0.05) is 60.7 Å². The van der Waals surface area contributed by atoms with Gasteiger partial charge in [0.1, 0.15) is 11.3 Å². The van der Waals surface area contributed by atoms with Crippen LogP contribution in [0.25, 0.3) is 33.8 Å². The molecule has 182 valence electrons. The molecule has 8 heteroatoms. The van der Waals surface area contributed by atoms with Crippen molar-refractivity contribution < 1.29 is 0 Å². The molecule has 0 aliphatic carbocycles. The monoisotopic (exact) mass is 486 g/mol. The number of rotatable bonds is 6. The Kier molecular flexibility index (Phi) is 5.84. The van der Waals surface area contributed by atoms with Crippen LogP contribution in [0.15, 0.2) is 110 Å². The van der Waals surface area contributed by atoms with E-state index in [2.05, 4.69) is 54.0 Å². The van der Waals surface area contributed by atoms with E-state index in [-0.39, 0.29) is 5.96 Å².